The highest BCUT2D eigenvalue weighted by Crippen LogP contribution is 2.19. The Morgan fingerprint density at radius 1 is 1.21 bits per heavy atom. The molecule has 1 fully saturated rings. The van der Waals surface area contributed by atoms with Crippen LogP contribution < -0.4 is 10.1 Å². The Morgan fingerprint density at radius 3 is 2.88 bits per heavy atom. The van der Waals surface area contributed by atoms with Crippen molar-refractivity contribution < 1.29 is 23.2 Å². The highest BCUT2D eigenvalue weighted by molar-refractivity contribution is 5.76. The van der Waals surface area contributed by atoms with Crippen LogP contribution in [0, 0.1) is 12.7 Å². The first-order valence-electron chi connectivity index (χ1n) is 11.4. The third kappa shape index (κ3) is 6.85. The number of aryl methyl sites for hydroxylation is 2. The Morgan fingerprint density at radius 2 is 2.06 bits per heavy atom. The second-order valence-corrected chi connectivity index (χ2v) is 8.20. The number of rotatable bonds is 10. The van der Waals surface area contributed by atoms with Gasteiger partial charge in [-0.3, -0.25) is 9.69 Å². The van der Waals surface area contributed by atoms with E-state index in [0.29, 0.717) is 42.4 Å². The summed E-state index contributed by atoms with van der Waals surface area (Å²) >= 11 is 0. The summed E-state index contributed by atoms with van der Waals surface area (Å²) < 4.78 is 29.9. The summed E-state index contributed by atoms with van der Waals surface area (Å²) in [5.74, 6) is 1.13. The van der Waals surface area contributed by atoms with Gasteiger partial charge in [0.25, 0.3) is 0 Å². The maximum Gasteiger partial charge on any atom is 0.227 e. The molecule has 1 N–H and O–H groups in total. The molecule has 2 aromatic carbocycles. The lowest BCUT2D eigenvalue weighted by atomic mass is 10.1. The quantitative estimate of drug-likeness (QED) is 0.489. The van der Waals surface area contributed by atoms with Gasteiger partial charge in [0.05, 0.1) is 13.2 Å². The van der Waals surface area contributed by atoms with Crippen molar-refractivity contribution in [1.29, 1.82) is 0 Å². The van der Waals surface area contributed by atoms with Crippen LogP contribution in [0.4, 0.5) is 4.39 Å². The average molecular weight is 469 g/mol. The van der Waals surface area contributed by atoms with E-state index >= 15 is 0 Å². The fourth-order valence-corrected chi connectivity index (χ4v) is 3.63. The third-order valence-corrected chi connectivity index (χ3v) is 5.62. The van der Waals surface area contributed by atoms with Crippen LogP contribution in [0.2, 0.25) is 0 Å². The molecule has 34 heavy (non-hydrogen) atoms. The molecule has 9 heteroatoms. The van der Waals surface area contributed by atoms with Crippen molar-refractivity contribution in [3.05, 3.63) is 65.3 Å². The summed E-state index contributed by atoms with van der Waals surface area (Å²) in [4.78, 5) is 18.9. The molecule has 0 bridgehead atoms. The Kier molecular flexibility index (Phi) is 8.21. The number of carbonyl (C=O) groups excluding carboxylic acids is 1. The summed E-state index contributed by atoms with van der Waals surface area (Å²) in [5, 5.41) is 6.84. The van der Waals surface area contributed by atoms with Crippen LogP contribution in [0.3, 0.4) is 0 Å². The Hall–Kier alpha value is -3.30. The molecule has 1 aromatic heterocycles. The van der Waals surface area contributed by atoms with E-state index in [1.165, 1.54) is 6.07 Å². The Labute approximate surface area is 198 Å². The van der Waals surface area contributed by atoms with Crippen molar-refractivity contribution in [2.45, 2.75) is 26.3 Å². The van der Waals surface area contributed by atoms with Gasteiger partial charge in [-0.1, -0.05) is 17.3 Å². The maximum atomic E-state index is 13.5. The standard InChI is InChI=1S/C25H29FN4O4/c1-18-15-20(5-6-22(18)26)25-28-24(34-29-25)8-7-23(31)27-17-19-3-2-4-21(16-19)33-14-11-30-9-12-32-13-10-30/h2-6,15-16H,7-14,17H2,1H3,(H,27,31). The molecule has 8 nitrogen and oxygen atoms in total. The van der Waals surface area contributed by atoms with Gasteiger partial charge in [0.1, 0.15) is 18.2 Å². The molecule has 3 aromatic rings. The molecular weight excluding hydrogens is 439 g/mol. The number of hydrogen-bond acceptors (Lipinski definition) is 7. The van der Waals surface area contributed by atoms with Crippen molar-refractivity contribution in [1.82, 2.24) is 20.4 Å². The minimum atomic E-state index is -0.283. The van der Waals surface area contributed by atoms with E-state index in [2.05, 4.69) is 20.4 Å². The number of nitrogens with one attached hydrogen (secondary N) is 1. The summed E-state index contributed by atoms with van der Waals surface area (Å²) in [7, 11) is 0. The van der Waals surface area contributed by atoms with Gasteiger partial charge in [0, 0.05) is 44.6 Å². The predicted molar refractivity (Wildman–Crippen MR) is 124 cm³/mol. The normalized spacial score (nSPS) is 14.2. The molecule has 0 saturated carbocycles. The van der Waals surface area contributed by atoms with Gasteiger partial charge >= 0.3 is 0 Å². The summed E-state index contributed by atoms with van der Waals surface area (Å²) in [6.45, 7) is 6.98. The van der Waals surface area contributed by atoms with Crippen molar-refractivity contribution in [3.8, 4) is 17.1 Å². The first-order chi connectivity index (χ1) is 16.6. The Balaban J connectivity index is 1.19. The van der Waals surface area contributed by atoms with Gasteiger partial charge in [0.15, 0.2) is 0 Å². The van der Waals surface area contributed by atoms with E-state index in [1.54, 1.807) is 19.1 Å². The first-order valence-corrected chi connectivity index (χ1v) is 11.4. The number of halogens is 1. The topological polar surface area (TPSA) is 89.7 Å². The van der Waals surface area contributed by atoms with Crippen molar-refractivity contribution >= 4 is 5.91 Å². The maximum absolute atomic E-state index is 13.5. The van der Waals surface area contributed by atoms with E-state index in [1.807, 2.05) is 24.3 Å². The van der Waals surface area contributed by atoms with Crippen molar-refractivity contribution in [2.24, 2.45) is 0 Å². The molecule has 180 valence electrons. The van der Waals surface area contributed by atoms with Crippen LogP contribution in [0.25, 0.3) is 11.4 Å². The summed E-state index contributed by atoms with van der Waals surface area (Å²) in [6, 6.07) is 12.4. The Bertz CT molecular complexity index is 1100. The number of benzene rings is 2. The van der Waals surface area contributed by atoms with E-state index in [0.717, 1.165) is 44.2 Å². The number of carbonyl (C=O) groups is 1. The van der Waals surface area contributed by atoms with Crippen LogP contribution in [-0.2, 0) is 22.5 Å². The molecule has 4 rings (SSSR count). The van der Waals surface area contributed by atoms with E-state index in [4.69, 9.17) is 14.0 Å². The zero-order chi connectivity index (χ0) is 23.8. The van der Waals surface area contributed by atoms with Gasteiger partial charge in [-0.05, 0) is 48.4 Å². The number of aromatic nitrogens is 2. The SMILES string of the molecule is Cc1cc(-c2noc(CCC(=O)NCc3cccc(OCCN4CCOCC4)c3)n2)ccc1F. The molecule has 1 aliphatic heterocycles. The molecular formula is C25H29FN4O4. The molecule has 0 unspecified atom stereocenters. The molecule has 1 aliphatic rings. The molecule has 1 saturated heterocycles. The van der Waals surface area contributed by atoms with Crippen molar-refractivity contribution in [2.75, 3.05) is 39.5 Å². The smallest absolute Gasteiger partial charge is 0.227 e. The van der Waals surface area contributed by atoms with Crippen LogP contribution in [0.5, 0.6) is 5.75 Å². The lowest BCUT2D eigenvalue weighted by Crippen LogP contribution is -2.38. The van der Waals surface area contributed by atoms with Crippen LogP contribution in [0.15, 0.2) is 47.0 Å². The van der Waals surface area contributed by atoms with E-state index < -0.39 is 0 Å². The number of nitrogens with zero attached hydrogens (tertiary/aromatic N) is 3. The third-order valence-electron chi connectivity index (χ3n) is 5.62. The number of amides is 1. The van der Waals surface area contributed by atoms with Gasteiger partial charge in [-0.25, -0.2) is 4.39 Å². The first kappa shape index (κ1) is 23.8. The molecule has 1 amide bonds. The predicted octanol–water partition coefficient (Wildman–Crippen LogP) is 3.14. The van der Waals surface area contributed by atoms with Crippen LogP contribution in [-0.4, -0.2) is 60.4 Å². The van der Waals surface area contributed by atoms with Gasteiger partial charge in [-0.2, -0.15) is 4.98 Å². The number of hydrogen-bond donors (Lipinski definition) is 1. The largest absolute Gasteiger partial charge is 0.492 e. The molecule has 0 aliphatic carbocycles. The van der Waals surface area contributed by atoms with E-state index in [9.17, 15) is 9.18 Å². The van der Waals surface area contributed by atoms with Gasteiger partial charge < -0.3 is 19.3 Å². The van der Waals surface area contributed by atoms with Gasteiger partial charge in [0.2, 0.25) is 17.6 Å². The summed E-state index contributed by atoms with van der Waals surface area (Å²) in [6.07, 6.45) is 0.545. The van der Waals surface area contributed by atoms with Gasteiger partial charge in [-0.15, -0.1) is 0 Å². The lowest BCUT2D eigenvalue weighted by Gasteiger charge is -2.26. The van der Waals surface area contributed by atoms with Crippen LogP contribution in [0.1, 0.15) is 23.4 Å². The summed E-state index contributed by atoms with van der Waals surface area (Å²) in [5.41, 5.74) is 2.14. The second kappa shape index (κ2) is 11.7. The minimum Gasteiger partial charge on any atom is -0.492 e. The number of morpholine rings is 1. The van der Waals surface area contributed by atoms with E-state index in [-0.39, 0.29) is 18.1 Å². The zero-order valence-electron chi connectivity index (χ0n) is 19.3. The molecule has 2 heterocycles. The zero-order valence-corrected chi connectivity index (χ0v) is 19.3. The highest BCUT2D eigenvalue weighted by atomic mass is 19.1. The van der Waals surface area contributed by atoms with Crippen molar-refractivity contribution in [3.63, 3.8) is 0 Å². The monoisotopic (exact) mass is 468 g/mol. The lowest BCUT2D eigenvalue weighted by molar-refractivity contribution is -0.121. The highest BCUT2D eigenvalue weighted by Gasteiger charge is 2.12. The fourth-order valence-electron chi connectivity index (χ4n) is 3.63. The fraction of sp³-hybridized carbons (Fsp3) is 0.400. The minimum absolute atomic E-state index is 0.115. The second-order valence-electron chi connectivity index (χ2n) is 8.20. The number of ether oxygens (including phenoxy) is 2. The average Bonchev–Trinajstić information content (AvgIpc) is 3.33. The molecule has 0 atom stereocenters. The molecule has 0 radical (unpaired) electrons. The van der Waals surface area contributed by atoms with Crippen LogP contribution >= 0.6 is 0 Å². The molecule has 0 spiro atoms.